The van der Waals surface area contributed by atoms with Gasteiger partial charge in [-0.3, -0.25) is 4.79 Å². The molecule has 5 heteroatoms. The summed E-state index contributed by atoms with van der Waals surface area (Å²) in [6, 6.07) is 16.5. The molecule has 0 aromatic heterocycles. The molecular weight excluding hydrogens is 342 g/mol. The number of hydrogen-bond acceptors (Lipinski definition) is 3. The van der Waals surface area contributed by atoms with Crippen molar-refractivity contribution in [3.8, 4) is 11.1 Å². The molecule has 4 rings (SSSR count). The number of carboxylic acids is 1. The Labute approximate surface area is 158 Å². The Hall–Kier alpha value is -2.82. The molecule has 2 aliphatic rings. The van der Waals surface area contributed by atoms with Gasteiger partial charge >= 0.3 is 12.1 Å². The summed E-state index contributed by atoms with van der Waals surface area (Å²) in [6.45, 7) is 0.940. The first kappa shape index (κ1) is 17.6. The highest BCUT2D eigenvalue weighted by atomic mass is 16.6. The molecule has 1 atom stereocenters. The van der Waals surface area contributed by atoms with Gasteiger partial charge in [-0.25, -0.2) is 4.79 Å². The lowest BCUT2D eigenvalue weighted by Gasteiger charge is -2.24. The van der Waals surface area contributed by atoms with Crippen LogP contribution in [0.1, 0.15) is 42.7 Å². The molecule has 1 saturated heterocycles. The predicted octanol–water partition coefficient (Wildman–Crippen LogP) is 4.26. The Morgan fingerprint density at radius 1 is 1.04 bits per heavy atom. The zero-order valence-electron chi connectivity index (χ0n) is 15.1. The average molecular weight is 365 g/mol. The van der Waals surface area contributed by atoms with Crippen LogP contribution in [0.4, 0.5) is 4.79 Å². The molecule has 27 heavy (non-hydrogen) atoms. The van der Waals surface area contributed by atoms with Crippen molar-refractivity contribution in [2.45, 2.75) is 37.6 Å². The van der Waals surface area contributed by atoms with Crippen molar-refractivity contribution in [1.82, 2.24) is 4.90 Å². The number of hydrogen-bond donors (Lipinski definition) is 1. The Morgan fingerprint density at radius 3 is 2.30 bits per heavy atom. The van der Waals surface area contributed by atoms with Gasteiger partial charge in [0, 0.05) is 24.9 Å². The third kappa shape index (κ3) is 3.42. The van der Waals surface area contributed by atoms with Gasteiger partial charge in [0.1, 0.15) is 6.61 Å². The molecule has 1 N–H and O–H groups in total. The van der Waals surface area contributed by atoms with Gasteiger partial charge in [-0.2, -0.15) is 0 Å². The summed E-state index contributed by atoms with van der Waals surface area (Å²) >= 11 is 0. The van der Waals surface area contributed by atoms with Crippen molar-refractivity contribution in [3.05, 3.63) is 59.7 Å². The number of aliphatic carboxylic acids is 1. The van der Waals surface area contributed by atoms with Crippen LogP contribution in [0.5, 0.6) is 0 Å². The summed E-state index contributed by atoms with van der Waals surface area (Å²) in [7, 11) is 0. The van der Waals surface area contributed by atoms with E-state index in [1.807, 2.05) is 24.3 Å². The van der Waals surface area contributed by atoms with Crippen LogP contribution in [-0.2, 0) is 9.53 Å². The van der Waals surface area contributed by atoms with E-state index in [1.165, 1.54) is 22.3 Å². The highest BCUT2D eigenvalue weighted by Gasteiger charge is 2.33. The second-order valence-corrected chi connectivity index (χ2v) is 7.23. The summed E-state index contributed by atoms with van der Waals surface area (Å²) in [4.78, 5) is 25.2. The van der Waals surface area contributed by atoms with Gasteiger partial charge in [0.05, 0.1) is 0 Å². The average Bonchev–Trinajstić information content (AvgIpc) is 3.27. The molecule has 1 amide bonds. The van der Waals surface area contributed by atoms with Gasteiger partial charge in [0.25, 0.3) is 0 Å². The second kappa shape index (κ2) is 7.43. The number of benzene rings is 2. The van der Waals surface area contributed by atoms with E-state index in [0.29, 0.717) is 19.6 Å². The number of carboxylic acid groups (broad SMARTS) is 1. The molecule has 1 aliphatic heterocycles. The number of carbonyl (C=O) groups excluding carboxylic acids is 1. The molecule has 0 unspecified atom stereocenters. The highest BCUT2D eigenvalue weighted by Crippen LogP contribution is 2.44. The van der Waals surface area contributed by atoms with Crippen molar-refractivity contribution in [2.75, 3.05) is 13.2 Å². The standard InChI is InChI=1S/C22H23NO4/c24-21(25)12-11-15-6-5-13-23(15)22(26)27-14-20-18-9-3-1-7-16(18)17-8-2-4-10-19(17)20/h1-4,7-10,15,20H,5-6,11-14H2,(H,24,25)/t15-/m0/s1. The third-order valence-electron chi connectivity index (χ3n) is 5.64. The van der Waals surface area contributed by atoms with Crippen LogP contribution in [-0.4, -0.2) is 41.3 Å². The number of rotatable bonds is 5. The lowest BCUT2D eigenvalue weighted by Crippen LogP contribution is -2.36. The number of ether oxygens (including phenoxy) is 1. The second-order valence-electron chi connectivity index (χ2n) is 7.23. The third-order valence-corrected chi connectivity index (χ3v) is 5.64. The van der Waals surface area contributed by atoms with E-state index in [9.17, 15) is 9.59 Å². The van der Waals surface area contributed by atoms with Crippen LogP contribution < -0.4 is 0 Å². The van der Waals surface area contributed by atoms with Crippen LogP contribution in [0.25, 0.3) is 11.1 Å². The summed E-state index contributed by atoms with van der Waals surface area (Å²) < 4.78 is 5.70. The largest absolute Gasteiger partial charge is 0.481 e. The predicted molar refractivity (Wildman–Crippen MR) is 102 cm³/mol. The number of amides is 1. The molecule has 1 aliphatic carbocycles. The molecule has 1 fully saturated rings. The lowest BCUT2D eigenvalue weighted by molar-refractivity contribution is -0.137. The zero-order chi connectivity index (χ0) is 18.8. The van der Waals surface area contributed by atoms with Crippen molar-refractivity contribution >= 4 is 12.1 Å². The van der Waals surface area contributed by atoms with E-state index >= 15 is 0 Å². The maximum atomic E-state index is 12.6. The van der Waals surface area contributed by atoms with Crippen molar-refractivity contribution in [1.29, 1.82) is 0 Å². The normalized spacial score (nSPS) is 18.2. The molecule has 5 nitrogen and oxygen atoms in total. The molecule has 140 valence electrons. The maximum Gasteiger partial charge on any atom is 0.410 e. The zero-order valence-corrected chi connectivity index (χ0v) is 15.1. The fraction of sp³-hybridized carbons (Fsp3) is 0.364. The maximum absolute atomic E-state index is 12.6. The van der Waals surface area contributed by atoms with E-state index in [2.05, 4.69) is 24.3 Å². The molecule has 2 aromatic carbocycles. The van der Waals surface area contributed by atoms with E-state index < -0.39 is 5.97 Å². The Bertz CT molecular complexity index is 817. The van der Waals surface area contributed by atoms with Gasteiger partial charge in [0.15, 0.2) is 0 Å². The molecule has 1 heterocycles. The van der Waals surface area contributed by atoms with Crippen LogP contribution in [0.3, 0.4) is 0 Å². The van der Waals surface area contributed by atoms with Crippen molar-refractivity contribution < 1.29 is 19.4 Å². The van der Waals surface area contributed by atoms with E-state index in [4.69, 9.17) is 9.84 Å². The Kier molecular flexibility index (Phi) is 4.84. The van der Waals surface area contributed by atoms with Crippen molar-refractivity contribution in [3.63, 3.8) is 0 Å². The molecule has 2 aromatic rings. The number of likely N-dealkylation sites (tertiary alicyclic amines) is 1. The fourth-order valence-corrected chi connectivity index (χ4v) is 4.34. The Morgan fingerprint density at radius 2 is 1.67 bits per heavy atom. The van der Waals surface area contributed by atoms with E-state index in [1.54, 1.807) is 4.90 Å². The summed E-state index contributed by atoms with van der Waals surface area (Å²) in [5.41, 5.74) is 4.79. The first-order chi connectivity index (χ1) is 13.1. The van der Waals surface area contributed by atoms with E-state index in [0.717, 1.165) is 12.8 Å². The SMILES string of the molecule is O=C(O)CC[C@@H]1CCCN1C(=O)OCC1c2ccccc2-c2ccccc21. The van der Waals surface area contributed by atoms with Gasteiger partial charge in [-0.1, -0.05) is 48.5 Å². The minimum absolute atomic E-state index is 0.0308. The number of fused-ring (bicyclic) bond motifs is 3. The summed E-state index contributed by atoms with van der Waals surface area (Å²) in [5, 5.41) is 8.90. The topological polar surface area (TPSA) is 66.8 Å². The van der Waals surface area contributed by atoms with Crippen LogP contribution in [0.15, 0.2) is 48.5 Å². The van der Waals surface area contributed by atoms with Gasteiger partial charge in [0.2, 0.25) is 0 Å². The van der Waals surface area contributed by atoms with Gasteiger partial charge in [-0.05, 0) is 41.5 Å². The lowest BCUT2D eigenvalue weighted by atomic mass is 9.98. The van der Waals surface area contributed by atoms with Crippen molar-refractivity contribution in [2.24, 2.45) is 0 Å². The fourth-order valence-electron chi connectivity index (χ4n) is 4.34. The molecule has 0 bridgehead atoms. The van der Waals surface area contributed by atoms with Gasteiger partial charge < -0.3 is 14.7 Å². The van der Waals surface area contributed by atoms with E-state index in [-0.39, 0.29) is 24.5 Å². The number of carbonyl (C=O) groups is 2. The molecular formula is C22H23NO4. The summed E-state index contributed by atoms with van der Waals surface area (Å²) in [6.07, 6.45) is 1.98. The quantitative estimate of drug-likeness (QED) is 0.859. The Balaban J connectivity index is 1.46. The minimum atomic E-state index is -0.825. The minimum Gasteiger partial charge on any atom is -0.481 e. The molecule has 0 radical (unpaired) electrons. The first-order valence-electron chi connectivity index (χ1n) is 9.48. The monoisotopic (exact) mass is 365 g/mol. The smallest absolute Gasteiger partial charge is 0.410 e. The molecule has 0 saturated carbocycles. The highest BCUT2D eigenvalue weighted by molar-refractivity contribution is 5.79. The molecule has 0 spiro atoms. The van der Waals surface area contributed by atoms with Crippen LogP contribution in [0.2, 0.25) is 0 Å². The number of nitrogens with zero attached hydrogens (tertiary/aromatic N) is 1. The van der Waals surface area contributed by atoms with Crippen LogP contribution in [0, 0.1) is 0 Å². The van der Waals surface area contributed by atoms with Gasteiger partial charge in [-0.15, -0.1) is 0 Å². The van der Waals surface area contributed by atoms with Crippen LogP contribution >= 0.6 is 0 Å². The summed E-state index contributed by atoms with van der Waals surface area (Å²) in [5.74, 6) is -0.782. The first-order valence-corrected chi connectivity index (χ1v) is 9.48.